The van der Waals surface area contributed by atoms with Gasteiger partial charge < -0.3 is 19.5 Å². The number of carbonyl (C=O) groups is 1. The van der Waals surface area contributed by atoms with E-state index in [1.54, 1.807) is 0 Å². The number of ketones is 1. The van der Waals surface area contributed by atoms with Gasteiger partial charge in [-0.15, -0.1) is 0 Å². The van der Waals surface area contributed by atoms with Crippen LogP contribution in [0.15, 0.2) is 24.3 Å². The quantitative estimate of drug-likeness (QED) is 0.438. The second kappa shape index (κ2) is 8.78. The van der Waals surface area contributed by atoms with Crippen molar-refractivity contribution >= 4 is 15.9 Å². The highest BCUT2D eigenvalue weighted by Crippen LogP contribution is 2.64. The summed E-state index contributed by atoms with van der Waals surface area (Å²) in [6.45, 7) is 7.56. The summed E-state index contributed by atoms with van der Waals surface area (Å²) < 4.78 is 43.2. The maximum Gasteiger partial charge on any atom is 0.265 e. The average molecular weight is 546 g/mol. The predicted octanol–water partition coefficient (Wildman–Crippen LogP) is 3.23. The Balaban J connectivity index is 0.000000153. The Morgan fingerprint density at radius 3 is 2.61 bits per heavy atom. The normalized spacial score (nSPS) is 39.3. The van der Waals surface area contributed by atoms with Crippen molar-refractivity contribution in [3.63, 3.8) is 0 Å². The van der Waals surface area contributed by atoms with Gasteiger partial charge in [-0.1, -0.05) is 32.1 Å². The molecule has 3 fully saturated rings. The molecular weight excluding hydrogens is 506 g/mol. The van der Waals surface area contributed by atoms with E-state index in [0.29, 0.717) is 43.2 Å². The third-order valence-electron chi connectivity index (χ3n) is 10.8. The van der Waals surface area contributed by atoms with E-state index < -0.39 is 27.4 Å². The summed E-state index contributed by atoms with van der Waals surface area (Å²) in [7, 11) is -1.84. The minimum atomic E-state index is -4.08. The highest BCUT2D eigenvalue weighted by atomic mass is 32.2. The zero-order chi connectivity index (χ0) is 27.2. The van der Waals surface area contributed by atoms with E-state index in [0.717, 1.165) is 30.9 Å². The van der Waals surface area contributed by atoms with Crippen LogP contribution >= 0.6 is 0 Å². The van der Waals surface area contributed by atoms with E-state index in [9.17, 15) is 18.3 Å². The van der Waals surface area contributed by atoms with E-state index in [1.165, 1.54) is 11.1 Å². The molecule has 2 N–H and O–H groups in total. The molecule has 0 aromatic heterocycles. The maximum absolute atomic E-state index is 11.9. The molecule has 6 bridgehead atoms. The molecule has 7 aliphatic rings. The van der Waals surface area contributed by atoms with Crippen molar-refractivity contribution in [1.29, 1.82) is 0 Å². The first kappa shape index (κ1) is 26.3. The molecule has 3 unspecified atom stereocenters. The van der Waals surface area contributed by atoms with E-state index >= 15 is 0 Å². The van der Waals surface area contributed by atoms with Crippen molar-refractivity contribution in [1.82, 2.24) is 4.90 Å². The molecule has 9 heteroatoms. The maximum atomic E-state index is 11.9. The van der Waals surface area contributed by atoms with Crippen molar-refractivity contribution in [2.24, 2.45) is 28.6 Å². The summed E-state index contributed by atoms with van der Waals surface area (Å²) in [6, 6.07) is 4.77. The van der Waals surface area contributed by atoms with Crippen LogP contribution in [-0.2, 0) is 21.3 Å². The van der Waals surface area contributed by atoms with Crippen LogP contribution in [0.4, 0.5) is 0 Å². The number of hydrogen-bond acceptors (Lipinski definition) is 7. The van der Waals surface area contributed by atoms with Crippen molar-refractivity contribution in [2.45, 2.75) is 70.6 Å². The van der Waals surface area contributed by atoms with Gasteiger partial charge in [-0.2, -0.15) is 8.42 Å². The van der Waals surface area contributed by atoms with Crippen LogP contribution in [0.2, 0.25) is 0 Å². The first-order valence-corrected chi connectivity index (χ1v) is 15.5. The molecule has 8 rings (SSSR count). The Morgan fingerprint density at radius 2 is 1.97 bits per heavy atom. The van der Waals surface area contributed by atoms with Gasteiger partial charge in [0.05, 0.1) is 17.8 Å². The molecule has 0 amide bonds. The number of rotatable bonds is 4. The summed E-state index contributed by atoms with van der Waals surface area (Å²) >= 11 is 0. The zero-order valence-corrected chi connectivity index (χ0v) is 23.4. The van der Waals surface area contributed by atoms with Gasteiger partial charge in [0.15, 0.2) is 11.5 Å². The van der Waals surface area contributed by atoms with Gasteiger partial charge >= 0.3 is 0 Å². The minimum absolute atomic E-state index is 0.0152. The van der Waals surface area contributed by atoms with E-state index in [2.05, 4.69) is 24.1 Å². The van der Waals surface area contributed by atoms with E-state index in [4.69, 9.17) is 14.0 Å². The first-order chi connectivity index (χ1) is 17.9. The van der Waals surface area contributed by atoms with Gasteiger partial charge in [0.2, 0.25) is 0 Å². The number of likely N-dealkylation sites (N-methyl/N-ethyl adjacent to an activating group) is 1. The fourth-order valence-electron chi connectivity index (χ4n) is 8.77. The number of piperidine rings is 1. The second-order valence-electron chi connectivity index (χ2n) is 12.7. The third kappa shape index (κ3) is 3.72. The minimum Gasteiger partial charge on any atom is -0.490 e. The molecule has 0 radical (unpaired) electrons. The molecule has 1 aromatic rings. The summed E-state index contributed by atoms with van der Waals surface area (Å²) in [5, 5.41) is 10.5. The van der Waals surface area contributed by atoms with E-state index in [-0.39, 0.29) is 23.2 Å². The third-order valence-corrected chi connectivity index (χ3v) is 11.7. The number of aliphatic hydroxyl groups is 1. The number of nitrogens with zero attached hydrogens (tertiary/aromatic N) is 1. The van der Waals surface area contributed by atoms with E-state index in [1.807, 2.05) is 32.9 Å². The number of benzene rings is 1. The molecule has 3 aliphatic heterocycles. The topological polar surface area (TPSA) is 113 Å². The summed E-state index contributed by atoms with van der Waals surface area (Å²) in [4.78, 5) is 14.4. The fourth-order valence-corrected chi connectivity index (χ4v) is 10.1. The Bertz CT molecular complexity index is 1290. The lowest BCUT2D eigenvalue weighted by Gasteiger charge is -2.52. The molecular formula is C29H39NO7S. The fraction of sp³-hybridized carbons (Fsp3) is 0.690. The second-order valence-corrected chi connectivity index (χ2v) is 14.2. The van der Waals surface area contributed by atoms with Crippen LogP contribution in [0, 0.1) is 28.6 Å². The molecule has 0 spiro atoms. The van der Waals surface area contributed by atoms with Gasteiger partial charge in [0, 0.05) is 36.4 Å². The van der Waals surface area contributed by atoms with Crippen molar-refractivity contribution in [3.05, 3.63) is 35.4 Å². The first-order valence-electron chi connectivity index (χ1n) is 13.9. The number of Topliss-reactive ketones (excluding diaryl/α,β-unsaturated/α-hetero) is 1. The molecule has 1 aromatic carbocycles. The Kier molecular flexibility index (Phi) is 6.07. The summed E-state index contributed by atoms with van der Waals surface area (Å²) in [6.07, 6.45) is 6.54. The highest BCUT2D eigenvalue weighted by Gasteiger charge is 2.65. The van der Waals surface area contributed by atoms with Crippen molar-refractivity contribution < 1.29 is 32.3 Å². The Labute approximate surface area is 225 Å². The smallest absolute Gasteiger partial charge is 0.265 e. The van der Waals surface area contributed by atoms with Gasteiger partial charge in [-0.25, -0.2) is 0 Å². The molecule has 8 atom stereocenters. The molecule has 3 heterocycles. The van der Waals surface area contributed by atoms with Crippen molar-refractivity contribution in [3.8, 4) is 11.5 Å². The molecule has 1 saturated heterocycles. The van der Waals surface area contributed by atoms with Gasteiger partial charge in [-0.3, -0.25) is 9.35 Å². The van der Waals surface area contributed by atoms with Gasteiger partial charge in [0.1, 0.15) is 18.0 Å². The average Bonchev–Trinajstić information content (AvgIpc) is 3.04. The lowest BCUT2D eigenvalue weighted by Crippen LogP contribution is -2.58. The molecule has 4 aliphatic carbocycles. The van der Waals surface area contributed by atoms with Gasteiger partial charge in [0.25, 0.3) is 10.1 Å². The Morgan fingerprint density at radius 1 is 1.21 bits per heavy atom. The standard InChI is InChI=1S/C19H23NO3.C10H16O4S/c1-3-22-15-7-4-10-8-13-11-5-6-14(21)18-17(11)12(9-20(13)2)16(10)19(15)23-18;1-9(2)7-3-4-10(9,8(11)5-7)6-15(12,13)14/h4-7,11-14,17-18,21H,3,8-9H2,1-2H3;7H,3-6H2,1-2H3,(H,12,13,14)/t11-,12?,13+,14-,17?,18-;7?,10-/m01/s1. The highest BCUT2D eigenvalue weighted by molar-refractivity contribution is 7.85. The summed E-state index contributed by atoms with van der Waals surface area (Å²) in [5.74, 6) is 2.88. The van der Waals surface area contributed by atoms with Gasteiger partial charge in [-0.05, 0) is 62.1 Å². The number of ether oxygens (including phenoxy) is 2. The SMILES string of the molecule is CC1(C)C2CC[C@@]1(CS(=O)(=O)O)C(=O)C2.CCOc1ccc2c3c1O[C@@H]1C4C3CN(C)[C@H](C2)[C@@H]4C=C[C@@H]1O. The van der Waals surface area contributed by atoms with Crippen LogP contribution in [0.5, 0.6) is 11.5 Å². The molecule has 208 valence electrons. The number of carbonyl (C=O) groups excluding carboxylic acids is 1. The van der Waals surface area contributed by atoms with Crippen LogP contribution in [0.25, 0.3) is 0 Å². The van der Waals surface area contributed by atoms with Crippen molar-refractivity contribution in [2.75, 3.05) is 26.0 Å². The predicted molar refractivity (Wildman–Crippen MR) is 142 cm³/mol. The van der Waals surface area contributed by atoms with Crippen LogP contribution in [0.3, 0.4) is 0 Å². The molecule has 38 heavy (non-hydrogen) atoms. The molecule has 8 nitrogen and oxygen atoms in total. The van der Waals surface area contributed by atoms with Crippen LogP contribution in [0.1, 0.15) is 57.1 Å². The van der Waals surface area contributed by atoms with Crippen LogP contribution in [-0.4, -0.2) is 73.0 Å². The lowest BCUT2D eigenvalue weighted by molar-refractivity contribution is -0.128. The largest absolute Gasteiger partial charge is 0.490 e. The number of hydrogen-bond donors (Lipinski definition) is 2. The molecule has 2 saturated carbocycles. The summed E-state index contributed by atoms with van der Waals surface area (Å²) in [5.41, 5.74) is 1.63. The monoisotopic (exact) mass is 545 g/mol. The van der Waals surface area contributed by atoms with Crippen LogP contribution < -0.4 is 9.47 Å². The number of aliphatic hydroxyl groups excluding tert-OH is 1. The Hall–Kier alpha value is -1.94. The lowest BCUT2D eigenvalue weighted by atomic mass is 9.65. The number of fused-ring (bicyclic) bond motifs is 3. The zero-order valence-electron chi connectivity index (χ0n) is 22.6.